The minimum Gasteiger partial charge on any atom is -0.363 e. The summed E-state index contributed by atoms with van der Waals surface area (Å²) in [5.41, 5.74) is 1.62. The number of rotatable bonds is 7. The molecule has 1 atom stereocenters. The number of hydrogen-bond acceptors (Lipinski definition) is 9. The van der Waals surface area contributed by atoms with Crippen LogP contribution in [0.2, 0.25) is 0 Å². The quantitative estimate of drug-likeness (QED) is 0.393. The lowest BCUT2D eigenvalue weighted by Crippen LogP contribution is -2.49. The molecule has 0 unspecified atom stereocenters. The van der Waals surface area contributed by atoms with Crippen molar-refractivity contribution >= 4 is 27.1 Å². The molecule has 6 rings (SSSR count). The molecule has 230 valence electrons. The van der Waals surface area contributed by atoms with E-state index in [1.54, 1.807) is 13.0 Å². The van der Waals surface area contributed by atoms with Gasteiger partial charge in [-0.3, -0.25) is 14.7 Å². The van der Waals surface area contributed by atoms with Crippen LogP contribution in [-0.2, 0) is 39.3 Å². The Hall–Kier alpha value is -2.94. The van der Waals surface area contributed by atoms with E-state index in [-0.39, 0.29) is 34.7 Å². The highest BCUT2D eigenvalue weighted by atomic mass is 32.2. The number of aromatic nitrogens is 3. The first kappa shape index (κ1) is 30.1. The molecule has 2 spiro atoms. The fraction of sp³-hybridized carbons (Fsp3) is 0.517. The first-order chi connectivity index (χ1) is 20.3. The Labute approximate surface area is 251 Å². The van der Waals surface area contributed by atoms with Gasteiger partial charge < -0.3 is 10.1 Å². The molecule has 3 aromatic rings. The van der Waals surface area contributed by atoms with Crippen molar-refractivity contribution in [2.75, 3.05) is 18.8 Å². The third-order valence-corrected chi connectivity index (χ3v) is 11.8. The summed E-state index contributed by atoms with van der Waals surface area (Å²) in [4.78, 5) is 28.5. The molecule has 1 N–H and O–H groups in total. The third kappa shape index (κ3) is 5.94. The van der Waals surface area contributed by atoms with E-state index in [1.165, 1.54) is 36.0 Å². The van der Waals surface area contributed by atoms with Gasteiger partial charge in [0.25, 0.3) is 5.91 Å². The zero-order valence-corrected chi connectivity index (χ0v) is 25.4. The molecule has 3 aliphatic rings. The zero-order valence-electron chi connectivity index (χ0n) is 23.8. The number of carbonyl (C=O) groups excluding carboxylic acids is 1. The van der Waals surface area contributed by atoms with Crippen molar-refractivity contribution in [3.8, 4) is 0 Å². The summed E-state index contributed by atoms with van der Waals surface area (Å²) in [6.07, 6.45) is 3.36. The summed E-state index contributed by atoms with van der Waals surface area (Å²) in [5, 5.41) is 2.91. The monoisotopic (exact) mass is 635 g/mol. The average molecular weight is 636 g/mol. The molecule has 14 heteroatoms. The summed E-state index contributed by atoms with van der Waals surface area (Å²) in [6, 6.07) is 4.92. The third-order valence-electron chi connectivity index (χ3n) is 8.71. The maximum absolute atomic E-state index is 13.2. The molecule has 1 saturated carbocycles. The second kappa shape index (κ2) is 10.9. The highest BCUT2D eigenvalue weighted by molar-refractivity contribution is 7.91. The maximum atomic E-state index is 13.2. The van der Waals surface area contributed by atoms with Gasteiger partial charge in [-0.2, -0.15) is 13.2 Å². The van der Waals surface area contributed by atoms with Gasteiger partial charge in [0.15, 0.2) is 9.84 Å². The fourth-order valence-corrected chi connectivity index (χ4v) is 8.06. The SMILES string of the molecule is CCS(=O)(=O)c1ccc(CNC(=O)c2cc3c(s2)C2(CCN([C@H](C)c4cnc(C(F)(F)F)nc4)CC2)OC2(CC2)C3)nc1. The van der Waals surface area contributed by atoms with Gasteiger partial charge in [0.05, 0.1) is 33.4 Å². The van der Waals surface area contributed by atoms with E-state index in [4.69, 9.17) is 4.74 Å². The van der Waals surface area contributed by atoms with Gasteiger partial charge in [-0.15, -0.1) is 11.3 Å². The molecule has 9 nitrogen and oxygen atoms in total. The molecule has 1 amide bonds. The number of pyridine rings is 1. The van der Waals surface area contributed by atoms with Gasteiger partial charge in [-0.25, -0.2) is 18.4 Å². The molecule has 5 heterocycles. The fourth-order valence-electron chi connectivity index (χ4n) is 5.96. The molecule has 0 radical (unpaired) electrons. The summed E-state index contributed by atoms with van der Waals surface area (Å²) in [6.45, 7) is 5.03. The molecule has 43 heavy (non-hydrogen) atoms. The van der Waals surface area contributed by atoms with E-state index in [0.717, 1.165) is 29.7 Å². The van der Waals surface area contributed by atoms with Crippen LogP contribution in [0.1, 0.15) is 82.8 Å². The predicted molar refractivity (Wildman–Crippen MR) is 152 cm³/mol. The lowest BCUT2D eigenvalue weighted by atomic mass is 9.82. The lowest BCUT2D eigenvalue weighted by molar-refractivity contribution is -0.153. The largest absolute Gasteiger partial charge is 0.451 e. The molecular formula is C29H32F3N5O4S2. The number of thiophene rings is 1. The lowest BCUT2D eigenvalue weighted by Gasteiger charge is -2.47. The minimum atomic E-state index is -4.58. The van der Waals surface area contributed by atoms with Crippen molar-refractivity contribution in [3.05, 3.63) is 69.2 Å². The molecule has 1 aliphatic carbocycles. The van der Waals surface area contributed by atoms with Crippen LogP contribution < -0.4 is 5.32 Å². The number of fused-ring (bicyclic) bond motifs is 2. The normalized spacial score (nSPS) is 20.1. The highest BCUT2D eigenvalue weighted by Crippen LogP contribution is 2.57. The van der Waals surface area contributed by atoms with Crippen LogP contribution in [0.15, 0.2) is 41.7 Å². The number of alkyl halides is 3. The maximum Gasteiger partial charge on any atom is 0.451 e. The standard InChI is InChI=1S/C29H32F3N5O4S2/c1-3-43(39,40)22-5-4-21(33-17-22)16-34-25(38)23-12-19-13-27(6-7-27)41-28(24(19)42-23)8-10-37(11-9-28)18(2)20-14-35-26(36-15-20)29(30,31)32/h4-5,12,14-15,17-18H,3,6-11,13,16H2,1-2H3,(H,34,38)/t18-/m1/s1. The van der Waals surface area contributed by atoms with Crippen molar-refractivity contribution in [1.29, 1.82) is 0 Å². The Kier molecular flexibility index (Phi) is 7.63. The van der Waals surface area contributed by atoms with E-state index in [2.05, 4.69) is 25.2 Å². The van der Waals surface area contributed by atoms with Crippen LogP contribution in [-0.4, -0.2) is 58.6 Å². The van der Waals surface area contributed by atoms with Crippen LogP contribution in [0.5, 0.6) is 0 Å². The van der Waals surface area contributed by atoms with Gasteiger partial charge in [0.1, 0.15) is 5.60 Å². The number of halogens is 3. The van der Waals surface area contributed by atoms with E-state index >= 15 is 0 Å². The van der Waals surface area contributed by atoms with Gasteiger partial charge in [0, 0.05) is 54.6 Å². The number of likely N-dealkylation sites (tertiary alicyclic amines) is 1. The summed E-state index contributed by atoms with van der Waals surface area (Å²) >= 11 is 1.45. The van der Waals surface area contributed by atoms with Gasteiger partial charge in [-0.05, 0) is 56.4 Å². The Morgan fingerprint density at radius 1 is 1.12 bits per heavy atom. The van der Waals surface area contributed by atoms with Crippen molar-refractivity contribution in [1.82, 2.24) is 25.2 Å². The van der Waals surface area contributed by atoms with Gasteiger partial charge in [-0.1, -0.05) is 6.92 Å². The molecular weight excluding hydrogens is 603 g/mol. The number of nitrogens with zero attached hydrogens (tertiary/aromatic N) is 4. The van der Waals surface area contributed by atoms with Crippen LogP contribution in [0.3, 0.4) is 0 Å². The topological polar surface area (TPSA) is 114 Å². The van der Waals surface area contributed by atoms with E-state index < -0.39 is 27.4 Å². The molecule has 2 aliphatic heterocycles. The first-order valence-corrected chi connectivity index (χ1v) is 16.7. The second-order valence-corrected chi connectivity index (χ2v) is 14.9. The number of hydrogen-bond donors (Lipinski definition) is 1. The zero-order chi connectivity index (χ0) is 30.6. The van der Waals surface area contributed by atoms with Gasteiger partial charge in [0.2, 0.25) is 5.82 Å². The Bertz CT molecular complexity index is 1610. The van der Waals surface area contributed by atoms with Crippen LogP contribution >= 0.6 is 11.3 Å². The van der Waals surface area contributed by atoms with Crippen molar-refractivity contribution in [3.63, 3.8) is 0 Å². The summed E-state index contributed by atoms with van der Waals surface area (Å²) < 4.78 is 69.6. The minimum absolute atomic E-state index is 0.00846. The van der Waals surface area contributed by atoms with Crippen LogP contribution in [0.4, 0.5) is 13.2 Å². The number of sulfone groups is 1. The van der Waals surface area contributed by atoms with Crippen molar-refractivity contribution in [2.45, 2.75) is 80.8 Å². The van der Waals surface area contributed by atoms with Crippen molar-refractivity contribution in [2.24, 2.45) is 0 Å². The number of ether oxygens (including phenoxy) is 1. The van der Waals surface area contributed by atoms with Crippen LogP contribution in [0.25, 0.3) is 0 Å². The van der Waals surface area contributed by atoms with Crippen LogP contribution in [0, 0.1) is 0 Å². The number of piperidine rings is 1. The van der Waals surface area contributed by atoms with E-state index in [1.807, 2.05) is 13.0 Å². The first-order valence-electron chi connectivity index (χ1n) is 14.3. The highest BCUT2D eigenvalue weighted by Gasteiger charge is 2.56. The molecule has 1 saturated heterocycles. The number of nitrogens with one attached hydrogen (secondary N) is 1. The van der Waals surface area contributed by atoms with E-state index in [9.17, 15) is 26.4 Å². The average Bonchev–Trinajstić information content (AvgIpc) is 3.58. The number of amides is 1. The Morgan fingerprint density at radius 3 is 2.40 bits per heavy atom. The van der Waals surface area contributed by atoms with E-state index in [0.29, 0.717) is 42.1 Å². The van der Waals surface area contributed by atoms with Gasteiger partial charge >= 0.3 is 6.18 Å². The summed E-state index contributed by atoms with van der Waals surface area (Å²) in [5.74, 6) is -1.38. The summed E-state index contributed by atoms with van der Waals surface area (Å²) in [7, 11) is -3.34. The molecule has 0 aromatic carbocycles. The molecule has 0 bridgehead atoms. The Balaban J connectivity index is 1.14. The Morgan fingerprint density at radius 2 is 1.81 bits per heavy atom. The molecule has 3 aromatic heterocycles. The number of carbonyl (C=O) groups is 1. The second-order valence-electron chi connectivity index (χ2n) is 11.5. The predicted octanol–water partition coefficient (Wildman–Crippen LogP) is 4.83. The molecule has 2 fully saturated rings. The van der Waals surface area contributed by atoms with Crippen molar-refractivity contribution < 1.29 is 31.1 Å². The smallest absolute Gasteiger partial charge is 0.363 e.